The molecule has 0 spiro atoms. The molecular formula is C19H25FN4O2. The maximum atomic E-state index is 14.3. The van der Waals surface area contributed by atoms with Crippen molar-refractivity contribution < 1.29 is 14.0 Å². The number of rotatable bonds is 2. The number of carbonyl (C=O) groups excluding carboxylic acids is 2. The molecule has 3 fully saturated rings. The standard InChI is InChI=1S/C19H25FN4O2/c1-12-10-13-4-2-3-5-17(13)24(12)19(26)22-16-11-14(6-7-15(16)20)23-9-8-21-18(23)25/h6-7,11-13,17H,2-5,8-10H2,1H3,(H,21,25)(H,22,26)/t12-,13+,17+/m1/s1. The highest BCUT2D eigenvalue weighted by Crippen LogP contribution is 2.40. The molecule has 1 aromatic rings. The van der Waals surface area contributed by atoms with Crippen molar-refractivity contribution in [3.8, 4) is 0 Å². The van der Waals surface area contributed by atoms with Crippen LogP contribution >= 0.6 is 0 Å². The van der Waals surface area contributed by atoms with Gasteiger partial charge in [0.1, 0.15) is 5.82 Å². The van der Waals surface area contributed by atoms with Crippen LogP contribution in [0.15, 0.2) is 18.2 Å². The minimum absolute atomic E-state index is 0.124. The highest BCUT2D eigenvalue weighted by molar-refractivity contribution is 5.96. The van der Waals surface area contributed by atoms with Gasteiger partial charge in [0.25, 0.3) is 0 Å². The lowest BCUT2D eigenvalue weighted by molar-refractivity contribution is 0.168. The number of benzene rings is 1. The summed E-state index contributed by atoms with van der Waals surface area (Å²) < 4.78 is 14.3. The molecule has 2 aliphatic heterocycles. The number of amides is 4. The number of hydrogen-bond acceptors (Lipinski definition) is 2. The van der Waals surface area contributed by atoms with Crippen LogP contribution in [0, 0.1) is 11.7 Å². The van der Waals surface area contributed by atoms with Gasteiger partial charge in [-0.2, -0.15) is 0 Å². The zero-order valence-electron chi connectivity index (χ0n) is 15.0. The zero-order valence-corrected chi connectivity index (χ0v) is 15.0. The largest absolute Gasteiger partial charge is 0.336 e. The van der Waals surface area contributed by atoms with Crippen LogP contribution in [0.1, 0.15) is 39.0 Å². The van der Waals surface area contributed by atoms with Crippen molar-refractivity contribution in [1.82, 2.24) is 10.2 Å². The van der Waals surface area contributed by atoms with Gasteiger partial charge in [0.15, 0.2) is 0 Å². The highest BCUT2D eigenvalue weighted by Gasteiger charge is 2.42. The van der Waals surface area contributed by atoms with E-state index in [2.05, 4.69) is 17.6 Å². The molecule has 26 heavy (non-hydrogen) atoms. The van der Waals surface area contributed by atoms with E-state index in [-0.39, 0.29) is 29.8 Å². The van der Waals surface area contributed by atoms with E-state index < -0.39 is 5.82 Å². The van der Waals surface area contributed by atoms with Gasteiger partial charge in [0.2, 0.25) is 0 Å². The van der Waals surface area contributed by atoms with Crippen LogP contribution in [0.3, 0.4) is 0 Å². The SMILES string of the molecule is C[C@@H]1C[C@@H]2CCCC[C@@H]2N1C(=O)Nc1cc(N2CCNC2=O)ccc1F. The summed E-state index contributed by atoms with van der Waals surface area (Å²) in [5, 5.41) is 5.47. The topological polar surface area (TPSA) is 64.7 Å². The summed E-state index contributed by atoms with van der Waals surface area (Å²) in [7, 11) is 0. The molecule has 2 heterocycles. The summed E-state index contributed by atoms with van der Waals surface area (Å²) in [6.45, 7) is 3.16. The second kappa shape index (κ2) is 6.78. The van der Waals surface area contributed by atoms with Gasteiger partial charge >= 0.3 is 12.1 Å². The third-order valence-electron chi connectivity index (χ3n) is 5.94. The Hall–Kier alpha value is -2.31. The fourth-order valence-corrected chi connectivity index (χ4v) is 4.73. The van der Waals surface area contributed by atoms with Crippen molar-refractivity contribution in [2.24, 2.45) is 5.92 Å². The molecule has 7 heteroatoms. The van der Waals surface area contributed by atoms with Crippen molar-refractivity contribution in [3.63, 3.8) is 0 Å². The molecular weight excluding hydrogens is 335 g/mol. The second-order valence-electron chi connectivity index (χ2n) is 7.58. The predicted molar refractivity (Wildman–Crippen MR) is 97.8 cm³/mol. The van der Waals surface area contributed by atoms with Crippen molar-refractivity contribution in [2.45, 2.75) is 51.1 Å². The van der Waals surface area contributed by atoms with Crippen molar-refractivity contribution in [1.29, 1.82) is 0 Å². The van der Waals surface area contributed by atoms with Gasteiger partial charge in [-0.1, -0.05) is 12.8 Å². The number of nitrogens with one attached hydrogen (secondary N) is 2. The first-order valence-corrected chi connectivity index (χ1v) is 9.49. The molecule has 1 aromatic carbocycles. The lowest BCUT2D eigenvalue weighted by Gasteiger charge is -2.33. The summed E-state index contributed by atoms with van der Waals surface area (Å²) in [6, 6.07) is 4.38. The Morgan fingerprint density at radius 3 is 2.88 bits per heavy atom. The highest BCUT2D eigenvalue weighted by atomic mass is 19.1. The number of anilines is 2. The first kappa shape index (κ1) is 17.1. The molecule has 1 saturated carbocycles. The molecule has 0 unspecified atom stereocenters. The van der Waals surface area contributed by atoms with Gasteiger partial charge in [-0.25, -0.2) is 14.0 Å². The van der Waals surface area contributed by atoms with E-state index in [1.807, 2.05) is 4.90 Å². The number of halogens is 1. The molecule has 1 aliphatic carbocycles. The van der Waals surface area contributed by atoms with Crippen LogP contribution in [0.4, 0.5) is 25.4 Å². The lowest BCUT2D eigenvalue weighted by atomic mass is 9.85. The summed E-state index contributed by atoms with van der Waals surface area (Å²) in [5.41, 5.74) is 0.709. The summed E-state index contributed by atoms with van der Waals surface area (Å²) in [5.74, 6) is 0.0720. The normalized spacial score (nSPS) is 28.1. The van der Waals surface area contributed by atoms with E-state index in [0.29, 0.717) is 24.7 Å². The van der Waals surface area contributed by atoms with E-state index in [1.165, 1.54) is 25.0 Å². The fraction of sp³-hybridized carbons (Fsp3) is 0.579. The Labute approximate surface area is 152 Å². The Bertz CT molecular complexity index is 725. The van der Waals surface area contributed by atoms with Crippen molar-refractivity contribution in [2.75, 3.05) is 23.3 Å². The molecule has 2 N–H and O–H groups in total. The maximum Gasteiger partial charge on any atom is 0.322 e. The average Bonchev–Trinajstić information content (AvgIpc) is 3.19. The summed E-state index contributed by atoms with van der Waals surface area (Å²) in [4.78, 5) is 28.2. The van der Waals surface area contributed by atoms with Crippen LogP contribution in [-0.2, 0) is 0 Å². The molecule has 140 valence electrons. The van der Waals surface area contributed by atoms with Crippen molar-refractivity contribution >= 4 is 23.4 Å². The minimum Gasteiger partial charge on any atom is -0.336 e. The van der Waals surface area contributed by atoms with E-state index >= 15 is 0 Å². The molecule has 0 bridgehead atoms. The van der Waals surface area contributed by atoms with E-state index in [9.17, 15) is 14.0 Å². The third-order valence-corrected chi connectivity index (χ3v) is 5.94. The van der Waals surface area contributed by atoms with Crippen molar-refractivity contribution in [3.05, 3.63) is 24.0 Å². The van der Waals surface area contributed by atoms with E-state index in [1.54, 1.807) is 11.0 Å². The van der Waals surface area contributed by atoms with Crippen LogP contribution in [0.2, 0.25) is 0 Å². The fourth-order valence-electron chi connectivity index (χ4n) is 4.73. The number of hydrogen-bond donors (Lipinski definition) is 2. The molecule has 0 radical (unpaired) electrons. The number of carbonyl (C=O) groups is 2. The summed E-state index contributed by atoms with van der Waals surface area (Å²) >= 11 is 0. The van der Waals surface area contributed by atoms with Gasteiger partial charge in [-0.3, -0.25) is 4.90 Å². The molecule has 4 amide bonds. The average molecular weight is 360 g/mol. The first-order chi connectivity index (χ1) is 12.5. The quantitative estimate of drug-likeness (QED) is 0.847. The van der Waals surface area contributed by atoms with Gasteiger partial charge < -0.3 is 15.5 Å². The minimum atomic E-state index is -0.492. The monoisotopic (exact) mass is 360 g/mol. The Kier molecular flexibility index (Phi) is 4.46. The molecule has 6 nitrogen and oxygen atoms in total. The van der Waals surface area contributed by atoms with Gasteiger partial charge in [0.05, 0.1) is 5.69 Å². The Balaban J connectivity index is 1.53. The van der Waals surface area contributed by atoms with Crippen LogP contribution in [0.25, 0.3) is 0 Å². The molecule has 3 atom stereocenters. The molecule has 0 aromatic heterocycles. The Morgan fingerprint density at radius 2 is 2.12 bits per heavy atom. The number of urea groups is 2. The first-order valence-electron chi connectivity index (χ1n) is 9.49. The molecule has 3 aliphatic rings. The van der Waals surface area contributed by atoms with Gasteiger partial charge in [-0.15, -0.1) is 0 Å². The van der Waals surface area contributed by atoms with Gasteiger partial charge in [0, 0.05) is 30.9 Å². The van der Waals surface area contributed by atoms with E-state index in [0.717, 1.165) is 19.3 Å². The van der Waals surface area contributed by atoms with E-state index in [4.69, 9.17) is 0 Å². The number of nitrogens with zero attached hydrogens (tertiary/aromatic N) is 2. The van der Waals surface area contributed by atoms with Crippen LogP contribution in [-0.4, -0.2) is 42.1 Å². The number of likely N-dealkylation sites (tertiary alicyclic amines) is 1. The third kappa shape index (κ3) is 2.99. The van der Waals surface area contributed by atoms with Crippen LogP contribution in [0.5, 0.6) is 0 Å². The number of fused-ring (bicyclic) bond motifs is 1. The maximum absolute atomic E-state index is 14.3. The zero-order chi connectivity index (χ0) is 18.3. The molecule has 4 rings (SSSR count). The van der Waals surface area contributed by atoms with Gasteiger partial charge in [-0.05, 0) is 50.3 Å². The molecule has 2 saturated heterocycles. The van der Waals surface area contributed by atoms with Crippen LogP contribution < -0.4 is 15.5 Å². The second-order valence-corrected chi connectivity index (χ2v) is 7.58. The lowest BCUT2D eigenvalue weighted by Crippen LogP contribution is -2.44. The Morgan fingerprint density at radius 1 is 1.31 bits per heavy atom. The summed E-state index contributed by atoms with van der Waals surface area (Å²) in [6.07, 6.45) is 5.60. The smallest absolute Gasteiger partial charge is 0.322 e. The predicted octanol–water partition coefficient (Wildman–Crippen LogP) is 3.54.